The largest absolute Gasteiger partial charge is 0.342 e. The van der Waals surface area contributed by atoms with Crippen LogP contribution in [-0.4, -0.2) is 61.6 Å². The Kier molecular flexibility index (Phi) is 5.50. The molecule has 1 aromatic heterocycles. The Morgan fingerprint density at radius 3 is 2.50 bits per heavy atom. The lowest BCUT2D eigenvalue weighted by Gasteiger charge is -2.34. The second-order valence-corrected chi connectivity index (χ2v) is 9.65. The fourth-order valence-corrected chi connectivity index (χ4v) is 4.62. The first kappa shape index (κ1) is 19.1. The molecule has 1 aromatic rings. The molecular weight excluding hydrogens is 352 g/mol. The van der Waals surface area contributed by atoms with Crippen LogP contribution in [0.15, 0.2) is 11.1 Å². The molecule has 2 aliphatic heterocycles. The number of aromatic nitrogens is 2. The maximum Gasteiger partial charge on any atom is 0.225 e. The topological polar surface area (TPSA) is 83.5 Å². The average molecular weight is 381 g/mol. The number of carbonyl (C=O) groups excluding carboxylic acids is 1. The van der Waals surface area contributed by atoms with E-state index >= 15 is 0 Å². The van der Waals surface area contributed by atoms with Gasteiger partial charge in [0.15, 0.2) is 9.84 Å². The maximum atomic E-state index is 12.4. The Morgan fingerprint density at radius 1 is 1.19 bits per heavy atom. The summed E-state index contributed by atoms with van der Waals surface area (Å²) in [5, 5.41) is 0. The number of amides is 1. The summed E-state index contributed by atoms with van der Waals surface area (Å²) in [5.74, 6) is 0.593. The second-order valence-electron chi connectivity index (χ2n) is 7.66. The molecule has 0 N–H and O–H groups in total. The number of nitrogens with zero attached hydrogens (tertiary/aromatic N) is 4. The summed E-state index contributed by atoms with van der Waals surface area (Å²) in [5.41, 5.74) is 0.575. The van der Waals surface area contributed by atoms with Gasteiger partial charge < -0.3 is 9.80 Å². The molecular formula is C18H28N4O3S. The van der Waals surface area contributed by atoms with Gasteiger partial charge in [-0.05, 0) is 25.7 Å². The van der Waals surface area contributed by atoms with Crippen LogP contribution in [0, 0.1) is 5.92 Å². The number of hydrogen-bond acceptors (Lipinski definition) is 6. The zero-order valence-corrected chi connectivity index (χ0v) is 16.6. The number of carbonyl (C=O) groups is 1. The molecule has 0 radical (unpaired) electrons. The Morgan fingerprint density at radius 2 is 1.88 bits per heavy atom. The monoisotopic (exact) mass is 380 g/mol. The van der Waals surface area contributed by atoms with Crippen molar-refractivity contribution in [1.82, 2.24) is 14.9 Å². The summed E-state index contributed by atoms with van der Waals surface area (Å²) in [6.07, 6.45) is 6.55. The summed E-state index contributed by atoms with van der Waals surface area (Å²) in [6, 6.07) is 0. The molecule has 2 aliphatic rings. The van der Waals surface area contributed by atoms with Crippen LogP contribution in [0.2, 0.25) is 0 Å². The normalized spacial score (nSPS) is 21.5. The van der Waals surface area contributed by atoms with Gasteiger partial charge in [-0.2, -0.15) is 0 Å². The van der Waals surface area contributed by atoms with Crippen molar-refractivity contribution >= 4 is 21.7 Å². The summed E-state index contributed by atoms with van der Waals surface area (Å²) in [7, 11) is -3.42. The Labute approximate surface area is 155 Å². The summed E-state index contributed by atoms with van der Waals surface area (Å²) < 4.78 is 24.6. The summed E-state index contributed by atoms with van der Waals surface area (Å²) >= 11 is 0. The molecule has 1 amide bonds. The van der Waals surface area contributed by atoms with E-state index in [1.54, 1.807) is 0 Å². The smallest absolute Gasteiger partial charge is 0.225 e. The minimum Gasteiger partial charge on any atom is -0.342 e. The van der Waals surface area contributed by atoms with Gasteiger partial charge in [-0.15, -0.1) is 0 Å². The van der Waals surface area contributed by atoms with Crippen LogP contribution >= 0.6 is 0 Å². The number of piperidine rings is 1. The van der Waals surface area contributed by atoms with E-state index in [1.165, 1.54) is 12.5 Å². The van der Waals surface area contributed by atoms with E-state index < -0.39 is 9.84 Å². The third-order valence-electron chi connectivity index (χ3n) is 5.17. The Balaban J connectivity index is 1.95. The summed E-state index contributed by atoms with van der Waals surface area (Å²) in [6.45, 7) is 6.84. The first-order chi connectivity index (χ1) is 12.3. The lowest BCUT2D eigenvalue weighted by atomic mass is 9.93. The molecule has 1 unspecified atom stereocenters. The minimum atomic E-state index is -3.42. The minimum absolute atomic E-state index is 0.0614. The predicted octanol–water partition coefficient (Wildman–Crippen LogP) is 1.84. The quantitative estimate of drug-likeness (QED) is 0.793. The van der Waals surface area contributed by atoms with Crippen molar-refractivity contribution in [3.05, 3.63) is 11.9 Å². The van der Waals surface area contributed by atoms with E-state index in [1.807, 2.05) is 18.7 Å². The predicted molar refractivity (Wildman–Crippen MR) is 100.0 cm³/mol. The second kappa shape index (κ2) is 7.50. The van der Waals surface area contributed by atoms with Crippen molar-refractivity contribution in [2.45, 2.75) is 50.3 Å². The van der Waals surface area contributed by atoms with Crippen molar-refractivity contribution in [1.29, 1.82) is 0 Å². The lowest BCUT2D eigenvalue weighted by Crippen LogP contribution is -2.41. The van der Waals surface area contributed by atoms with Gasteiger partial charge in [-0.1, -0.05) is 13.8 Å². The molecule has 0 aromatic carbocycles. The first-order valence-corrected chi connectivity index (χ1v) is 11.3. The van der Waals surface area contributed by atoms with Crippen molar-refractivity contribution in [3.63, 3.8) is 0 Å². The van der Waals surface area contributed by atoms with Gasteiger partial charge in [0, 0.05) is 44.3 Å². The Hall–Kier alpha value is -1.70. The van der Waals surface area contributed by atoms with Crippen LogP contribution in [0.4, 0.5) is 5.95 Å². The fraction of sp³-hybridized carbons (Fsp3) is 0.722. The van der Waals surface area contributed by atoms with Gasteiger partial charge >= 0.3 is 0 Å². The van der Waals surface area contributed by atoms with E-state index in [0.717, 1.165) is 45.3 Å². The van der Waals surface area contributed by atoms with Crippen LogP contribution in [-0.2, 0) is 14.6 Å². The van der Waals surface area contributed by atoms with Crippen molar-refractivity contribution in [2.75, 3.05) is 37.3 Å². The fourth-order valence-electron chi connectivity index (χ4n) is 3.79. The Bertz CT molecular complexity index is 773. The van der Waals surface area contributed by atoms with E-state index in [0.29, 0.717) is 18.2 Å². The third-order valence-corrected chi connectivity index (χ3v) is 6.29. The van der Waals surface area contributed by atoms with E-state index in [-0.39, 0.29) is 22.6 Å². The highest BCUT2D eigenvalue weighted by Gasteiger charge is 2.31. The summed E-state index contributed by atoms with van der Waals surface area (Å²) in [4.78, 5) is 25.6. The molecule has 0 aliphatic carbocycles. The number of likely N-dealkylation sites (tertiary alicyclic amines) is 1. The van der Waals surface area contributed by atoms with Crippen molar-refractivity contribution < 1.29 is 13.2 Å². The van der Waals surface area contributed by atoms with Crippen LogP contribution < -0.4 is 4.90 Å². The SMILES string of the molecule is CC(C)C(=O)N1CCCC(c2nc(N3CCCC3)ncc2S(C)(=O)=O)C1. The number of sulfone groups is 1. The van der Waals surface area contributed by atoms with Crippen molar-refractivity contribution in [3.8, 4) is 0 Å². The molecule has 0 saturated carbocycles. The van der Waals surface area contributed by atoms with E-state index in [4.69, 9.17) is 0 Å². The van der Waals surface area contributed by atoms with Gasteiger partial charge in [0.05, 0.1) is 11.9 Å². The highest BCUT2D eigenvalue weighted by atomic mass is 32.2. The zero-order valence-electron chi connectivity index (χ0n) is 15.8. The third kappa shape index (κ3) is 4.00. The van der Waals surface area contributed by atoms with E-state index in [2.05, 4.69) is 14.9 Å². The van der Waals surface area contributed by atoms with Gasteiger partial charge in [0.2, 0.25) is 11.9 Å². The number of rotatable bonds is 4. The number of anilines is 1. The molecule has 2 saturated heterocycles. The van der Waals surface area contributed by atoms with Crippen LogP contribution in [0.25, 0.3) is 0 Å². The molecule has 0 bridgehead atoms. The molecule has 144 valence electrons. The molecule has 0 spiro atoms. The highest BCUT2D eigenvalue weighted by molar-refractivity contribution is 7.90. The average Bonchev–Trinajstić information content (AvgIpc) is 3.14. The van der Waals surface area contributed by atoms with Crippen LogP contribution in [0.1, 0.15) is 51.1 Å². The van der Waals surface area contributed by atoms with Gasteiger partial charge in [0.25, 0.3) is 0 Å². The molecule has 3 rings (SSSR count). The molecule has 3 heterocycles. The van der Waals surface area contributed by atoms with Crippen LogP contribution in [0.3, 0.4) is 0 Å². The molecule has 2 fully saturated rings. The highest BCUT2D eigenvalue weighted by Crippen LogP contribution is 2.32. The standard InChI is InChI=1S/C18H28N4O3S/c1-13(2)17(23)22-10-6-7-14(12-22)16-15(26(3,24)25)11-19-18(20-16)21-8-4-5-9-21/h11,13-14H,4-10,12H2,1-3H3. The molecule has 8 heteroatoms. The molecule has 26 heavy (non-hydrogen) atoms. The lowest BCUT2D eigenvalue weighted by molar-refractivity contribution is -0.135. The van der Waals surface area contributed by atoms with Gasteiger partial charge in [-0.3, -0.25) is 4.79 Å². The van der Waals surface area contributed by atoms with Crippen molar-refractivity contribution in [2.24, 2.45) is 5.92 Å². The molecule has 7 nitrogen and oxygen atoms in total. The van der Waals surface area contributed by atoms with E-state index in [9.17, 15) is 13.2 Å². The first-order valence-electron chi connectivity index (χ1n) is 9.38. The number of hydrogen-bond donors (Lipinski definition) is 0. The molecule has 1 atom stereocenters. The van der Waals surface area contributed by atoms with Crippen LogP contribution in [0.5, 0.6) is 0 Å². The van der Waals surface area contributed by atoms with Gasteiger partial charge in [0.1, 0.15) is 4.90 Å². The zero-order chi connectivity index (χ0) is 18.9. The maximum absolute atomic E-state index is 12.4. The van der Waals surface area contributed by atoms with Gasteiger partial charge in [-0.25, -0.2) is 18.4 Å².